The molecule has 1 saturated heterocycles. The van der Waals surface area contributed by atoms with Crippen LogP contribution in [-0.2, 0) is 14.4 Å². The number of ether oxygens (including phenoxy) is 1. The molecule has 5 unspecified atom stereocenters. The summed E-state index contributed by atoms with van der Waals surface area (Å²) in [5.74, 6) is 0.931. The Labute approximate surface area is 227 Å². The van der Waals surface area contributed by atoms with Crippen molar-refractivity contribution in [3.8, 4) is 0 Å². The van der Waals surface area contributed by atoms with Gasteiger partial charge in [-0.15, -0.1) is 5.11 Å². The van der Waals surface area contributed by atoms with Crippen LogP contribution in [0, 0.1) is 0 Å². The first-order chi connectivity index (χ1) is 18.9. The average Bonchev–Trinajstić information content (AvgIpc) is 3.81. The van der Waals surface area contributed by atoms with E-state index in [1.165, 1.54) is 0 Å². The molecule has 13 heteroatoms. The number of nitrogens with zero attached hydrogens (tertiary/aromatic N) is 9. The minimum absolute atomic E-state index is 0.248. The van der Waals surface area contributed by atoms with Crippen LogP contribution in [0.4, 0.5) is 0 Å². The Balaban J connectivity index is 1.50. The first-order valence-electron chi connectivity index (χ1n) is 13.8. The second-order valence-corrected chi connectivity index (χ2v) is 11.4. The highest BCUT2D eigenvalue weighted by molar-refractivity contribution is 7.98. The molecule has 204 valence electrons. The second kappa shape index (κ2) is 10.2. The van der Waals surface area contributed by atoms with Crippen molar-refractivity contribution >= 4 is 30.2 Å². The molecular formula is C25H35N9O3S. The normalized spacial score (nSPS) is 39.3. The largest absolute Gasteiger partial charge is 0.494 e. The highest BCUT2D eigenvalue weighted by Crippen LogP contribution is 2.55. The summed E-state index contributed by atoms with van der Waals surface area (Å²) in [7, 11) is 0. The lowest BCUT2D eigenvalue weighted by atomic mass is 9.68. The fourth-order valence-electron chi connectivity index (χ4n) is 7.04. The molecule has 7 aliphatic rings. The maximum absolute atomic E-state index is 7.46. The molecule has 7 aliphatic heterocycles. The number of hydrogen-bond acceptors (Lipinski definition) is 13. The topological polar surface area (TPSA) is 102 Å². The highest BCUT2D eigenvalue weighted by atomic mass is 32.2. The van der Waals surface area contributed by atoms with Crippen molar-refractivity contribution in [1.29, 1.82) is 0 Å². The number of hydroxylamine groups is 1. The summed E-state index contributed by atoms with van der Waals surface area (Å²) in [5, 5.41) is 17.4. The summed E-state index contributed by atoms with van der Waals surface area (Å²) < 4.78 is 11.7. The van der Waals surface area contributed by atoms with Gasteiger partial charge in [0.15, 0.2) is 5.54 Å². The van der Waals surface area contributed by atoms with Crippen molar-refractivity contribution in [1.82, 2.24) is 20.1 Å². The predicted octanol–water partition coefficient (Wildman–Crippen LogP) is 2.59. The van der Waals surface area contributed by atoms with Gasteiger partial charge in [0, 0.05) is 36.9 Å². The van der Waals surface area contributed by atoms with E-state index in [1.807, 2.05) is 29.1 Å². The molecule has 0 aromatic rings. The van der Waals surface area contributed by atoms with Gasteiger partial charge in [0.1, 0.15) is 24.8 Å². The molecule has 7 rings (SSSR count). The summed E-state index contributed by atoms with van der Waals surface area (Å²) in [5.41, 5.74) is -0.584. The minimum atomic E-state index is -0.918. The standard InChI is InChI=1S/C25H35N9O3S/c1-4-12-31(13-5-1)25(22-8-2-7-16-35-22)24(21-9-17-38-29-21,32-15-11-26-19-32)23(20-18-36-30-28-20)34(37-25)33-14-6-3-10-27-33/h1,4,7,10,16,19-20,22-23H,2-3,5-6,8-9,11-15,17-18H2. The Morgan fingerprint density at radius 2 is 2.08 bits per heavy atom. The van der Waals surface area contributed by atoms with Crippen molar-refractivity contribution in [3.05, 3.63) is 24.5 Å². The van der Waals surface area contributed by atoms with Crippen molar-refractivity contribution in [2.75, 3.05) is 45.1 Å². The Hall–Kier alpha value is -2.48. The second-order valence-electron chi connectivity index (χ2n) is 10.5. The van der Waals surface area contributed by atoms with E-state index >= 15 is 0 Å². The zero-order valence-electron chi connectivity index (χ0n) is 21.5. The van der Waals surface area contributed by atoms with Crippen LogP contribution in [0.15, 0.2) is 49.4 Å². The van der Waals surface area contributed by atoms with E-state index in [0.717, 1.165) is 82.7 Å². The summed E-state index contributed by atoms with van der Waals surface area (Å²) in [6, 6.07) is -0.595. The lowest BCUT2D eigenvalue weighted by molar-refractivity contribution is -0.361. The molecule has 0 aliphatic carbocycles. The minimum Gasteiger partial charge on any atom is -0.494 e. The quantitative estimate of drug-likeness (QED) is 0.374. The molecule has 0 bridgehead atoms. The van der Waals surface area contributed by atoms with Gasteiger partial charge < -0.3 is 14.5 Å². The Bertz CT molecular complexity index is 1060. The van der Waals surface area contributed by atoms with Gasteiger partial charge >= 0.3 is 0 Å². The van der Waals surface area contributed by atoms with Crippen molar-refractivity contribution in [2.45, 2.75) is 68.0 Å². The number of hydrogen-bond donors (Lipinski definition) is 0. The van der Waals surface area contributed by atoms with E-state index in [2.05, 4.69) is 38.4 Å². The van der Waals surface area contributed by atoms with E-state index < -0.39 is 11.3 Å². The van der Waals surface area contributed by atoms with Crippen LogP contribution >= 0.6 is 11.9 Å². The fourth-order valence-corrected chi connectivity index (χ4v) is 7.80. The molecule has 0 radical (unpaired) electrons. The van der Waals surface area contributed by atoms with Gasteiger partial charge in [-0.25, -0.2) is 14.4 Å². The van der Waals surface area contributed by atoms with E-state index in [4.69, 9.17) is 28.9 Å². The van der Waals surface area contributed by atoms with Crippen molar-refractivity contribution in [2.24, 2.45) is 24.9 Å². The third-order valence-electron chi connectivity index (χ3n) is 8.53. The third kappa shape index (κ3) is 3.65. The average molecular weight is 542 g/mol. The number of hydrazone groups is 1. The summed E-state index contributed by atoms with van der Waals surface area (Å²) in [6.07, 6.45) is 17.7. The maximum atomic E-state index is 7.46. The van der Waals surface area contributed by atoms with Gasteiger partial charge in [0.05, 0.1) is 31.4 Å². The molecule has 0 aromatic heterocycles. The SMILES string of the molecule is C1=COC(C2(N3CC=CCC3)ON(N3CCCC=N3)C(C3CON=N3)C2(C2=NSCC2)N2C=NCC2)CC1. The first-order valence-corrected chi connectivity index (χ1v) is 14.8. The van der Waals surface area contributed by atoms with E-state index in [1.54, 1.807) is 11.9 Å². The molecule has 0 saturated carbocycles. The Morgan fingerprint density at radius 1 is 1.08 bits per heavy atom. The van der Waals surface area contributed by atoms with Gasteiger partial charge in [-0.05, 0) is 56.5 Å². The van der Waals surface area contributed by atoms with Gasteiger partial charge in [-0.1, -0.05) is 17.3 Å². The molecule has 0 spiro atoms. The Morgan fingerprint density at radius 3 is 2.76 bits per heavy atom. The Kier molecular flexibility index (Phi) is 6.62. The smallest absolute Gasteiger partial charge is 0.212 e. The molecule has 38 heavy (non-hydrogen) atoms. The monoisotopic (exact) mass is 541 g/mol. The van der Waals surface area contributed by atoms with Gasteiger partial charge in [-0.2, -0.15) is 5.10 Å². The van der Waals surface area contributed by atoms with Crippen LogP contribution in [-0.4, -0.2) is 113 Å². The number of hydrazine groups is 1. The molecule has 0 aromatic carbocycles. The molecule has 12 nitrogen and oxygen atoms in total. The van der Waals surface area contributed by atoms with Crippen LogP contribution in [0.5, 0.6) is 0 Å². The van der Waals surface area contributed by atoms with Crippen molar-refractivity contribution in [3.63, 3.8) is 0 Å². The van der Waals surface area contributed by atoms with Crippen LogP contribution in [0.2, 0.25) is 0 Å². The third-order valence-corrected chi connectivity index (χ3v) is 9.27. The van der Waals surface area contributed by atoms with Crippen LogP contribution < -0.4 is 0 Å². The van der Waals surface area contributed by atoms with E-state index in [-0.39, 0.29) is 18.2 Å². The molecule has 0 N–H and O–H groups in total. The van der Waals surface area contributed by atoms with Crippen LogP contribution in [0.25, 0.3) is 0 Å². The molecule has 7 heterocycles. The fraction of sp³-hybridized carbons (Fsp3) is 0.720. The molecular weight excluding hydrogens is 506 g/mol. The van der Waals surface area contributed by atoms with Crippen LogP contribution in [0.1, 0.15) is 38.5 Å². The summed E-state index contributed by atoms with van der Waals surface area (Å²) in [6.45, 7) is 4.21. The first kappa shape index (κ1) is 24.6. The number of allylic oxidation sites excluding steroid dienone is 1. The summed E-state index contributed by atoms with van der Waals surface area (Å²) >= 11 is 1.63. The molecule has 5 atom stereocenters. The maximum Gasteiger partial charge on any atom is 0.212 e. The number of rotatable bonds is 6. The van der Waals surface area contributed by atoms with Gasteiger partial charge in [-0.3, -0.25) is 9.89 Å². The van der Waals surface area contributed by atoms with Gasteiger partial charge in [0.2, 0.25) is 5.72 Å². The highest BCUT2D eigenvalue weighted by Gasteiger charge is 2.78. The lowest BCUT2D eigenvalue weighted by Crippen LogP contribution is -2.80. The predicted molar refractivity (Wildman–Crippen MR) is 144 cm³/mol. The van der Waals surface area contributed by atoms with Gasteiger partial charge in [0.25, 0.3) is 0 Å². The van der Waals surface area contributed by atoms with Crippen molar-refractivity contribution < 1.29 is 14.4 Å². The number of aliphatic imine (C=N–C) groups is 1. The van der Waals surface area contributed by atoms with Crippen LogP contribution in [0.3, 0.4) is 0 Å². The molecule has 0 amide bonds. The van der Waals surface area contributed by atoms with E-state index in [9.17, 15) is 0 Å². The zero-order chi connectivity index (χ0) is 25.4. The summed E-state index contributed by atoms with van der Waals surface area (Å²) in [4.78, 5) is 22.6. The zero-order valence-corrected chi connectivity index (χ0v) is 22.4. The lowest BCUT2D eigenvalue weighted by Gasteiger charge is -2.57. The molecule has 1 fully saturated rings. The van der Waals surface area contributed by atoms with E-state index in [0.29, 0.717) is 6.61 Å².